The van der Waals surface area contributed by atoms with Crippen LogP contribution in [0.4, 0.5) is 11.4 Å². The summed E-state index contributed by atoms with van der Waals surface area (Å²) in [7, 11) is -3.37. The summed E-state index contributed by atoms with van der Waals surface area (Å²) in [5, 5.41) is 22.4. The first-order valence-electron chi connectivity index (χ1n) is 5.41. The van der Waals surface area contributed by atoms with Crippen LogP contribution in [0.15, 0.2) is 18.2 Å². The van der Waals surface area contributed by atoms with Gasteiger partial charge in [-0.15, -0.1) is 0 Å². The van der Waals surface area contributed by atoms with Gasteiger partial charge in [0.2, 0.25) is 10.0 Å². The zero-order valence-electron chi connectivity index (χ0n) is 10.5. The lowest BCUT2D eigenvalue weighted by Crippen LogP contribution is -2.28. The maximum absolute atomic E-state index is 11.0. The Morgan fingerprint density at radius 1 is 1.40 bits per heavy atom. The maximum atomic E-state index is 11.0. The molecule has 9 nitrogen and oxygen atoms in total. The topological polar surface area (TPSA) is 139 Å². The summed E-state index contributed by atoms with van der Waals surface area (Å²) in [5.74, 6) is -1.31. The SMILES string of the molecule is CS(=O)(=O)NCCNc1c(C(=O)O)cccc1[N+](=O)[O-]. The van der Waals surface area contributed by atoms with Crippen LogP contribution < -0.4 is 10.0 Å². The van der Waals surface area contributed by atoms with Crippen molar-refractivity contribution in [1.82, 2.24) is 4.72 Å². The third kappa shape index (κ3) is 4.48. The quantitative estimate of drug-likeness (QED) is 0.373. The molecule has 0 saturated heterocycles. The zero-order chi connectivity index (χ0) is 15.3. The lowest BCUT2D eigenvalue weighted by atomic mass is 10.1. The van der Waals surface area contributed by atoms with Gasteiger partial charge in [-0.05, 0) is 6.07 Å². The van der Waals surface area contributed by atoms with Crippen molar-refractivity contribution >= 4 is 27.4 Å². The largest absolute Gasteiger partial charge is 0.478 e. The van der Waals surface area contributed by atoms with Crippen LogP contribution in [0.1, 0.15) is 10.4 Å². The minimum Gasteiger partial charge on any atom is -0.478 e. The summed E-state index contributed by atoms with van der Waals surface area (Å²) in [6, 6.07) is 3.65. The molecule has 1 aromatic rings. The number of hydrogen-bond acceptors (Lipinski definition) is 6. The lowest BCUT2D eigenvalue weighted by Gasteiger charge is -2.10. The van der Waals surface area contributed by atoms with Gasteiger partial charge in [0.05, 0.1) is 16.7 Å². The highest BCUT2D eigenvalue weighted by Crippen LogP contribution is 2.27. The first-order valence-corrected chi connectivity index (χ1v) is 7.30. The molecular weight excluding hydrogens is 290 g/mol. The Balaban J connectivity index is 2.91. The predicted molar refractivity (Wildman–Crippen MR) is 71.4 cm³/mol. The number of nitrogens with zero attached hydrogens (tertiary/aromatic N) is 1. The number of hydrogen-bond donors (Lipinski definition) is 3. The fraction of sp³-hybridized carbons (Fsp3) is 0.300. The van der Waals surface area contributed by atoms with Gasteiger partial charge in [-0.2, -0.15) is 0 Å². The Morgan fingerprint density at radius 2 is 2.05 bits per heavy atom. The second kappa shape index (κ2) is 6.30. The third-order valence-electron chi connectivity index (χ3n) is 2.26. The molecule has 20 heavy (non-hydrogen) atoms. The molecule has 10 heteroatoms. The van der Waals surface area contributed by atoms with Crippen molar-refractivity contribution in [2.24, 2.45) is 0 Å². The average Bonchev–Trinajstić information content (AvgIpc) is 2.32. The molecule has 3 N–H and O–H groups in total. The maximum Gasteiger partial charge on any atom is 0.338 e. The molecule has 0 radical (unpaired) electrons. The number of carboxylic acids is 1. The number of benzene rings is 1. The van der Waals surface area contributed by atoms with Crippen LogP contribution in [0.3, 0.4) is 0 Å². The Bertz CT molecular complexity index is 596. The van der Waals surface area contributed by atoms with E-state index in [0.29, 0.717) is 0 Å². The van der Waals surface area contributed by atoms with Gasteiger partial charge in [-0.1, -0.05) is 6.07 Å². The summed E-state index contributed by atoms with van der Waals surface area (Å²) in [5.41, 5.74) is -0.789. The molecule has 0 aromatic heterocycles. The van der Waals surface area contributed by atoms with E-state index in [1.54, 1.807) is 0 Å². The fourth-order valence-corrected chi connectivity index (χ4v) is 1.95. The van der Waals surface area contributed by atoms with Crippen molar-refractivity contribution < 1.29 is 23.2 Å². The van der Waals surface area contributed by atoms with Crippen molar-refractivity contribution in [3.8, 4) is 0 Å². The highest BCUT2D eigenvalue weighted by molar-refractivity contribution is 7.88. The molecular formula is C10H13N3O6S. The summed E-state index contributed by atoms with van der Waals surface area (Å²) < 4.78 is 23.9. The first-order chi connectivity index (χ1) is 9.22. The second-order valence-electron chi connectivity index (χ2n) is 3.86. The van der Waals surface area contributed by atoms with Gasteiger partial charge < -0.3 is 10.4 Å². The Labute approximate surface area is 114 Å². The molecule has 0 fully saturated rings. The van der Waals surface area contributed by atoms with Gasteiger partial charge in [0.25, 0.3) is 5.69 Å². The second-order valence-corrected chi connectivity index (χ2v) is 5.69. The number of nitrogens with one attached hydrogen (secondary N) is 2. The van der Waals surface area contributed by atoms with Gasteiger partial charge in [0.15, 0.2) is 0 Å². The van der Waals surface area contributed by atoms with Crippen LogP contribution in [-0.4, -0.2) is 43.8 Å². The smallest absolute Gasteiger partial charge is 0.338 e. The normalized spacial score (nSPS) is 11.1. The van der Waals surface area contributed by atoms with Gasteiger partial charge in [0.1, 0.15) is 5.69 Å². The van der Waals surface area contributed by atoms with E-state index in [-0.39, 0.29) is 30.0 Å². The van der Waals surface area contributed by atoms with Crippen LogP contribution in [0.25, 0.3) is 0 Å². The first kappa shape index (κ1) is 15.9. The molecule has 0 aliphatic heterocycles. The standard InChI is InChI=1S/C10H13N3O6S/c1-20(18,19)12-6-5-11-9-7(10(14)15)3-2-4-8(9)13(16)17/h2-4,11-12H,5-6H2,1H3,(H,14,15). The number of para-hydroxylation sites is 1. The van der Waals surface area contributed by atoms with E-state index in [1.165, 1.54) is 18.2 Å². The zero-order valence-corrected chi connectivity index (χ0v) is 11.3. The summed E-state index contributed by atoms with van der Waals surface area (Å²) >= 11 is 0. The van der Waals surface area contributed by atoms with Gasteiger partial charge >= 0.3 is 5.97 Å². The molecule has 1 aromatic carbocycles. The van der Waals surface area contributed by atoms with Gasteiger partial charge in [-0.25, -0.2) is 17.9 Å². The molecule has 0 bridgehead atoms. The number of carbonyl (C=O) groups is 1. The Kier molecular flexibility index (Phi) is 5.00. The summed E-state index contributed by atoms with van der Waals surface area (Å²) in [6.45, 7) is -0.0118. The number of anilines is 1. The van der Waals surface area contributed by atoms with Crippen molar-refractivity contribution in [3.63, 3.8) is 0 Å². The van der Waals surface area contributed by atoms with E-state index in [1.807, 2.05) is 0 Å². The number of nitro benzene ring substituents is 1. The van der Waals surface area contributed by atoms with E-state index in [0.717, 1.165) is 6.26 Å². The van der Waals surface area contributed by atoms with E-state index >= 15 is 0 Å². The van der Waals surface area contributed by atoms with Crippen molar-refractivity contribution in [2.75, 3.05) is 24.7 Å². The van der Waals surface area contributed by atoms with Crippen molar-refractivity contribution in [2.45, 2.75) is 0 Å². The van der Waals surface area contributed by atoms with E-state index in [4.69, 9.17) is 5.11 Å². The monoisotopic (exact) mass is 303 g/mol. The van der Waals surface area contributed by atoms with Crippen LogP contribution in [0.5, 0.6) is 0 Å². The van der Waals surface area contributed by atoms with Crippen LogP contribution >= 0.6 is 0 Å². The molecule has 1 rings (SSSR count). The number of rotatable bonds is 7. The predicted octanol–water partition coefficient (Wildman–Crippen LogP) is 0.254. The van der Waals surface area contributed by atoms with E-state index < -0.39 is 20.9 Å². The van der Waals surface area contributed by atoms with Crippen LogP contribution in [0.2, 0.25) is 0 Å². The Hall–Kier alpha value is -2.20. The molecule has 0 aliphatic carbocycles. The molecule has 0 unspecified atom stereocenters. The minimum atomic E-state index is -3.37. The van der Waals surface area contributed by atoms with Crippen molar-refractivity contribution in [1.29, 1.82) is 0 Å². The molecule has 0 amide bonds. The molecule has 0 atom stereocenters. The molecule has 0 spiro atoms. The minimum absolute atomic E-state index is 0.0121. The highest BCUT2D eigenvalue weighted by Gasteiger charge is 2.20. The third-order valence-corrected chi connectivity index (χ3v) is 2.99. The molecule has 0 saturated carbocycles. The average molecular weight is 303 g/mol. The lowest BCUT2D eigenvalue weighted by molar-refractivity contribution is -0.384. The van der Waals surface area contributed by atoms with E-state index in [9.17, 15) is 23.3 Å². The molecule has 0 heterocycles. The summed E-state index contributed by atoms with van der Waals surface area (Å²) in [6.07, 6.45) is 0.973. The van der Waals surface area contributed by atoms with Crippen LogP contribution in [0, 0.1) is 10.1 Å². The van der Waals surface area contributed by atoms with Gasteiger partial charge in [-0.3, -0.25) is 10.1 Å². The number of aromatic carboxylic acids is 1. The number of carboxylic acid groups (broad SMARTS) is 1. The van der Waals surface area contributed by atoms with E-state index in [2.05, 4.69) is 10.0 Å². The fourth-order valence-electron chi connectivity index (χ4n) is 1.48. The number of nitro groups is 1. The van der Waals surface area contributed by atoms with Gasteiger partial charge in [0, 0.05) is 19.2 Å². The molecule has 110 valence electrons. The highest BCUT2D eigenvalue weighted by atomic mass is 32.2. The number of sulfonamides is 1. The van der Waals surface area contributed by atoms with Crippen LogP contribution in [-0.2, 0) is 10.0 Å². The molecule has 0 aliphatic rings. The Morgan fingerprint density at radius 3 is 2.55 bits per heavy atom. The summed E-state index contributed by atoms with van der Waals surface area (Å²) in [4.78, 5) is 21.2. The van der Waals surface area contributed by atoms with Crippen molar-refractivity contribution in [3.05, 3.63) is 33.9 Å².